The maximum absolute atomic E-state index is 6.75. The van der Waals surface area contributed by atoms with Crippen LogP contribution in [0.15, 0.2) is 89.3 Å². The number of halogens is 1. The van der Waals surface area contributed by atoms with E-state index in [0.717, 1.165) is 39.3 Å². The average Bonchev–Trinajstić information content (AvgIpc) is 3.23. The van der Waals surface area contributed by atoms with Gasteiger partial charge in [-0.3, -0.25) is 0 Å². The van der Waals surface area contributed by atoms with E-state index in [1.807, 2.05) is 12.1 Å². The lowest BCUT2D eigenvalue weighted by Crippen LogP contribution is -2.87. The summed E-state index contributed by atoms with van der Waals surface area (Å²) in [7, 11) is 0. The molecule has 4 aliphatic rings. The zero-order valence-electron chi connectivity index (χ0n) is 19.4. The van der Waals surface area contributed by atoms with Crippen LogP contribution in [-0.2, 0) is 5.41 Å². The molecule has 5 aromatic rings. The van der Waals surface area contributed by atoms with E-state index in [2.05, 4.69) is 72.8 Å². The summed E-state index contributed by atoms with van der Waals surface area (Å²) in [4.78, 5) is 0. The zero-order valence-corrected chi connectivity index (χ0v) is 20.2. The first-order valence-corrected chi connectivity index (χ1v) is 13.4. The fourth-order valence-electron chi connectivity index (χ4n) is 9.28. The zero-order chi connectivity index (χ0) is 22.9. The summed E-state index contributed by atoms with van der Waals surface area (Å²) in [5.41, 5.74) is 9.41. The predicted molar refractivity (Wildman–Crippen MR) is 143 cm³/mol. The van der Waals surface area contributed by atoms with Crippen molar-refractivity contribution < 1.29 is 4.42 Å². The summed E-state index contributed by atoms with van der Waals surface area (Å²) in [6, 6.07) is 30.5. The molecule has 35 heavy (non-hydrogen) atoms. The highest BCUT2D eigenvalue weighted by Gasteiger charge is 2.88. The van der Waals surface area contributed by atoms with Gasteiger partial charge in [-0.05, 0) is 95.4 Å². The lowest BCUT2D eigenvalue weighted by atomic mass is 9.12. The largest absolute Gasteiger partial charge is 0.456 e. The van der Waals surface area contributed by atoms with Crippen LogP contribution in [0.3, 0.4) is 0 Å². The van der Waals surface area contributed by atoms with Crippen molar-refractivity contribution in [2.24, 2.45) is 23.2 Å². The molecule has 1 spiro atoms. The molecule has 2 unspecified atom stereocenters. The Bertz CT molecular complexity index is 1650. The van der Waals surface area contributed by atoms with Crippen molar-refractivity contribution in [2.75, 3.05) is 0 Å². The molecule has 1 aromatic heterocycles. The Morgan fingerprint density at radius 2 is 1.37 bits per heavy atom. The van der Waals surface area contributed by atoms with Crippen molar-refractivity contribution in [3.8, 4) is 22.3 Å². The Morgan fingerprint density at radius 1 is 0.686 bits per heavy atom. The van der Waals surface area contributed by atoms with E-state index in [1.165, 1.54) is 58.9 Å². The highest BCUT2D eigenvalue weighted by molar-refractivity contribution is 6.37. The van der Waals surface area contributed by atoms with Gasteiger partial charge in [-0.2, -0.15) is 0 Å². The van der Waals surface area contributed by atoms with Gasteiger partial charge in [0.15, 0.2) is 0 Å². The van der Waals surface area contributed by atoms with E-state index >= 15 is 0 Å². The lowest BCUT2D eigenvalue weighted by molar-refractivity contribution is -0.395. The SMILES string of the molecule is Clc1cccc2oc3c(C45CC6CC7CC(C4)C765)cc(-c4ccc(-c5ccccc5)cc4)cc3c12. The molecule has 0 bridgehead atoms. The van der Waals surface area contributed by atoms with Crippen molar-refractivity contribution in [1.82, 2.24) is 0 Å². The van der Waals surface area contributed by atoms with E-state index < -0.39 is 0 Å². The summed E-state index contributed by atoms with van der Waals surface area (Å²) < 4.78 is 6.61. The molecule has 170 valence electrons. The fourth-order valence-corrected chi connectivity index (χ4v) is 9.55. The van der Waals surface area contributed by atoms with Gasteiger partial charge in [-0.1, -0.05) is 72.3 Å². The van der Waals surface area contributed by atoms with Crippen LogP contribution in [0.5, 0.6) is 0 Å². The minimum absolute atomic E-state index is 0.322. The molecule has 4 fully saturated rings. The van der Waals surface area contributed by atoms with Gasteiger partial charge in [0.25, 0.3) is 0 Å². The Morgan fingerprint density at radius 3 is 2.06 bits per heavy atom. The van der Waals surface area contributed by atoms with Gasteiger partial charge >= 0.3 is 0 Å². The highest BCUT2D eigenvalue weighted by Crippen LogP contribution is 2.93. The van der Waals surface area contributed by atoms with Crippen LogP contribution in [0.2, 0.25) is 5.02 Å². The molecule has 0 radical (unpaired) electrons. The third-order valence-corrected chi connectivity index (χ3v) is 10.9. The first kappa shape index (κ1) is 19.2. The minimum atomic E-state index is 0.322. The van der Waals surface area contributed by atoms with Gasteiger partial charge in [-0.25, -0.2) is 0 Å². The molecule has 1 heterocycles. The quantitative estimate of drug-likeness (QED) is 0.255. The van der Waals surface area contributed by atoms with Crippen LogP contribution in [0, 0.1) is 23.2 Å². The van der Waals surface area contributed by atoms with Gasteiger partial charge in [0, 0.05) is 21.8 Å². The van der Waals surface area contributed by atoms with Crippen molar-refractivity contribution in [1.29, 1.82) is 0 Å². The second-order valence-corrected chi connectivity index (χ2v) is 12.0. The van der Waals surface area contributed by atoms with Crippen molar-refractivity contribution >= 4 is 33.5 Å². The van der Waals surface area contributed by atoms with Crippen LogP contribution < -0.4 is 0 Å². The third kappa shape index (κ3) is 2.07. The number of rotatable bonds is 3. The van der Waals surface area contributed by atoms with Gasteiger partial charge in [-0.15, -0.1) is 0 Å². The third-order valence-electron chi connectivity index (χ3n) is 10.6. The van der Waals surface area contributed by atoms with Gasteiger partial charge in [0.05, 0.1) is 5.02 Å². The Labute approximate surface area is 209 Å². The monoisotopic (exact) mass is 472 g/mol. The Balaban J connectivity index is 1.26. The Kier molecular flexibility index (Phi) is 3.40. The maximum Gasteiger partial charge on any atom is 0.139 e. The van der Waals surface area contributed by atoms with E-state index in [0.29, 0.717) is 10.8 Å². The Hall–Kier alpha value is -3.03. The lowest BCUT2D eigenvalue weighted by Gasteiger charge is -2.91. The molecular formula is C33H25ClO. The molecule has 0 N–H and O–H groups in total. The molecule has 2 atom stereocenters. The van der Waals surface area contributed by atoms with Crippen LogP contribution >= 0.6 is 11.6 Å². The topological polar surface area (TPSA) is 13.1 Å². The number of hydrogen-bond acceptors (Lipinski definition) is 1. The van der Waals surface area contributed by atoms with Crippen LogP contribution in [0.4, 0.5) is 0 Å². The molecular weight excluding hydrogens is 448 g/mol. The normalized spacial score (nSPS) is 31.6. The highest BCUT2D eigenvalue weighted by atomic mass is 35.5. The van der Waals surface area contributed by atoms with Crippen LogP contribution in [-0.4, -0.2) is 0 Å². The van der Waals surface area contributed by atoms with E-state index in [9.17, 15) is 0 Å². The summed E-state index contributed by atoms with van der Waals surface area (Å²) in [5, 5.41) is 3.02. The number of hydrogen-bond donors (Lipinski definition) is 0. The predicted octanol–water partition coefficient (Wildman–Crippen LogP) is 9.26. The standard InChI is InChI=1S/C33H25ClO/c34-28-7-4-8-29-30(28)26-13-22(21-11-9-20(10-12-21)19-5-2-1-3-6-19)14-27(31(26)35-29)32-17-24-15-23-16-25(18-32)33(23,24)32/h1-14,23-25H,15-18H2. The molecule has 0 aliphatic heterocycles. The van der Waals surface area contributed by atoms with E-state index in [-0.39, 0.29) is 0 Å². The number of benzene rings is 4. The second-order valence-electron chi connectivity index (χ2n) is 11.5. The fraction of sp³-hybridized carbons (Fsp3) is 0.273. The van der Waals surface area contributed by atoms with Gasteiger partial charge < -0.3 is 4.42 Å². The van der Waals surface area contributed by atoms with Gasteiger partial charge in [0.1, 0.15) is 11.2 Å². The maximum atomic E-state index is 6.75. The summed E-state index contributed by atoms with van der Waals surface area (Å²) in [6.07, 6.45) is 5.62. The van der Waals surface area contributed by atoms with E-state index in [4.69, 9.17) is 16.0 Å². The summed E-state index contributed by atoms with van der Waals surface area (Å²) >= 11 is 6.75. The average molecular weight is 473 g/mol. The molecule has 2 heteroatoms. The number of furan rings is 1. The first-order chi connectivity index (χ1) is 17.2. The van der Waals surface area contributed by atoms with Crippen molar-refractivity contribution in [3.05, 3.63) is 95.5 Å². The number of fused-ring (bicyclic) bond motifs is 3. The summed E-state index contributed by atoms with van der Waals surface area (Å²) in [5.74, 6) is 2.87. The molecule has 4 aliphatic carbocycles. The summed E-state index contributed by atoms with van der Waals surface area (Å²) in [6.45, 7) is 0. The molecule has 9 rings (SSSR count). The second kappa shape index (κ2) is 6.20. The molecule has 4 aromatic carbocycles. The molecule has 1 nitrogen and oxygen atoms in total. The van der Waals surface area contributed by atoms with Gasteiger partial charge in [0.2, 0.25) is 0 Å². The molecule has 0 amide bonds. The smallest absolute Gasteiger partial charge is 0.139 e. The van der Waals surface area contributed by atoms with Crippen molar-refractivity contribution in [2.45, 2.75) is 31.1 Å². The van der Waals surface area contributed by atoms with Crippen LogP contribution in [0.1, 0.15) is 31.2 Å². The van der Waals surface area contributed by atoms with E-state index in [1.54, 1.807) is 0 Å². The van der Waals surface area contributed by atoms with Crippen molar-refractivity contribution in [3.63, 3.8) is 0 Å². The van der Waals surface area contributed by atoms with Crippen LogP contribution in [0.25, 0.3) is 44.2 Å². The molecule has 4 saturated carbocycles. The minimum Gasteiger partial charge on any atom is -0.456 e. The first-order valence-electron chi connectivity index (χ1n) is 13.0. The molecule has 0 saturated heterocycles.